The van der Waals surface area contributed by atoms with E-state index in [2.05, 4.69) is 24.3 Å². The average molecular weight is 590 g/mol. The van der Waals surface area contributed by atoms with Crippen molar-refractivity contribution in [2.24, 2.45) is 0 Å². The Hall–Kier alpha value is -5.98. The van der Waals surface area contributed by atoms with E-state index in [1.807, 2.05) is 115 Å². The maximum Gasteiger partial charge on any atom is 0.0636 e. The number of hydrogen-bond acceptors (Lipinski definition) is 0. The molecule has 9 aromatic rings. The van der Waals surface area contributed by atoms with E-state index in [4.69, 9.17) is 2.74 Å². The fraction of sp³-hybridized carbons (Fsp3) is 0. The Bertz CT molecular complexity index is 2950. The van der Waals surface area contributed by atoms with Crippen LogP contribution in [0, 0.1) is 0 Å². The van der Waals surface area contributed by atoms with E-state index >= 15 is 0 Å². The van der Waals surface area contributed by atoms with Gasteiger partial charge in [0.1, 0.15) is 0 Å². The quantitative estimate of drug-likeness (QED) is 0.179. The van der Waals surface area contributed by atoms with E-state index in [0.29, 0.717) is 44.2 Å². The highest BCUT2D eigenvalue weighted by Gasteiger charge is 2.18. The first kappa shape index (κ1) is 20.1. The van der Waals surface area contributed by atoms with Crippen molar-refractivity contribution in [2.75, 3.05) is 0 Å². The summed E-state index contributed by atoms with van der Waals surface area (Å²) in [6, 6.07) is 43.7. The van der Waals surface area contributed by atoms with Crippen molar-refractivity contribution < 1.29 is 9.60 Å². The van der Waals surface area contributed by atoms with Crippen LogP contribution in [0.2, 0.25) is 0 Å². The minimum Gasteiger partial charge on any atom is -0.0622 e. The zero-order chi connectivity index (χ0) is 36.5. The lowest BCUT2D eigenvalue weighted by Gasteiger charge is -2.19. The molecule has 0 amide bonds. The largest absolute Gasteiger partial charge is 0.0636 e. The van der Waals surface area contributed by atoms with Crippen LogP contribution in [-0.2, 0) is 0 Å². The van der Waals surface area contributed by atoms with Gasteiger partial charge in [0.15, 0.2) is 0 Å². The van der Waals surface area contributed by atoms with Crippen LogP contribution in [0.25, 0.3) is 87.6 Å². The molecule has 9 rings (SSSR count). The summed E-state index contributed by atoms with van der Waals surface area (Å²) in [4.78, 5) is 0. The van der Waals surface area contributed by atoms with Gasteiger partial charge in [0, 0.05) is 0 Å². The third-order valence-electron chi connectivity index (χ3n) is 8.87. The van der Waals surface area contributed by atoms with Crippen LogP contribution >= 0.6 is 0 Å². The van der Waals surface area contributed by atoms with Gasteiger partial charge in [-0.25, -0.2) is 0 Å². The molecule has 0 aliphatic rings. The van der Waals surface area contributed by atoms with Crippen LogP contribution in [-0.4, -0.2) is 0 Å². The van der Waals surface area contributed by atoms with E-state index in [9.17, 15) is 6.85 Å². The molecule has 0 unspecified atom stereocenters. The highest BCUT2D eigenvalue weighted by Crippen LogP contribution is 2.45. The van der Waals surface area contributed by atoms with Gasteiger partial charge >= 0.3 is 0 Å². The molecule has 0 aromatic heterocycles. The number of fused-ring (bicyclic) bond motifs is 4. The molecule has 0 N–H and O–H groups in total. The fourth-order valence-corrected chi connectivity index (χ4v) is 6.68. The summed E-state index contributed by atoms with van der Waals surface area (Å²) < 4.78 is 65.2. The van der Waals surface area contributed by atoms with Gasteiger partial charge in [-0.15, -0.1) is 0 Å². The second-order valence-corrected chi connectivity index (χ2v) is 11.5. The van der Waals surface area contributed by atoms with Crippen LogP contribution in [0.1, 0.15) is 9.60 Å². The summed E-state index contributed by atoms with van der Waals surface area (Å²) in [5.41, 5.74) is 5.07. The lowest BCUT2D eigenvalue weighted by Crippen LogP contribution is -1.92. The molecule has 0 bridgehead atoms. The summed E-state index contributed by atoms with van der Waals surface area (Å²) in [7, 11) is 0. The molecule has 0 aliphatic heterocycles. The molecule has 0 nitrogen and oxygen atoms in total. The van der Waals surface area contributed by atoms with Gasteiger partial charge < -0.3 is 0 Å². The minimum absolute atomic E-state index is 0.0260. The van der Waals surface area contributed by atoms with Gasteiger partial charge in [-0.3, -0.25) is 0 Å². The van der Waals surface area contributed by atoms with Crippen LogP contribution in [0.5, 0.6) is 0 Å². The molecule has 0 heteroatoms. The van der Waals surface area contributed by atoms with Gasteiger partial charge in [-0.1, -0.05) is 170 Å². The maximum atomic E-state index is 9.90. The predicted octanol–water partition coefficient (Wildman–Crippen LogP) is 13.0. The van der Waals surface area contributed by atoms with E-state index in [0.717, 1.165) is 32.7 Å². The normalized spacial score (nSPS) is 13.6. The summed E-state index contributed by atoms with van der Waals surface area (Å²) >= 11 is 0. The summed E-state index contributed by atoms with van der Waals surface area (Å²) in [5.74, 6) is 0. The summed E-state index contributed by atoms with van der Waals surface area (Å²) in [6.45, 7) is 0. The van der Waals surface area contributed by atoms with Crippen LogP contribution < -0.4 is 0 Å². The van der Waals surface area contributed by atoms with Crippen LogP contribution in [0.15, 0.2) is 182 Å². The Morgan fingerprint density at radius 3 is 1.72 bits per heavy atom. The number of rotatable bonds is 4. The maximum absolute atomic E-state index is 9.90. The fourth-order valence-electron chi connectivity index (χ4n) is 6.68. The van der Waals surface area contributed by atoms with Crippen molar-refractivity contribution in [3.05, 3.63) is 182 Å². The zero-order valence-corrected chi connectivity index (χ0v) is 24.8. The predicted molar refractivity (Wildman–Crippen MR) is 198 cm³/mol. The van der Waals surface area contributed by atoms with Gasteiger partial charge in [0.05, 0.1) is 9.60 Å². The Morgan fingerprint density at radius 1 is 0.326 bits per heavy atom. The third-order valence-corrected chi connectivity index (χ3v) is 8.87. The van der Waals surface area contributed by atoms with Crippen LogP contribution in [0.4, 0.5) is 0 Å². The van der Waals surface area contributed by atoms with E-state index in [-0.39, 0.29) is 53.1 Å². The zero-order valence-electron chi connectivity index (χ0n) is 31.8. The van der Waals surface area contributed by atoms with Gasteiger partial charge in [-0.2, -0.15) is 0 Å². The van der Waals surface area contributed by atoms with Crippen molar-refractivity contribution >= 4 is 43.1 Å². The molecule has 0 aliphatic carbocycles. The third kappa shape index (κ3) is 4.38. The highest BCUT2D eigenvalue weighted by atomic mass is 14.2. The molecule has 9 aromatic carbocycles. The Morgan fingerprint density at radius 2 is 0.913 bits per heavy atom. The van der Waals surface area contributed by atoms with E-state index < -0.39 is 0 Å². The van der Waals surface area contributed by atoms with Crippen molar-refractivity contribution in [3.63, 3.8) is 0 Å². The first-order chi connectivity index (χ1) is 25.7. The molecule has 46 heavy (non-hydrogen) atoms. The SMILES string of the molecule is [2H]c1c([2H])c([2H])c2c(-c3ccccc3)c3c([2H])c(-c4ccc5ccccc5c4)c([2H])c([2H])c3c(-c3ccc(-c4cccc5ccccc45)cc3)c2c1[2H]. The van der Waals surface area contributed by atoms with Gasteiger partial charge in [0.2, 0.25) is 0 Å². The second kappa shape index (κ2) is 10.9. The molecule has 214 valence electrons. The molecule has 0 saturated carbocycles. The van der Waals surface area contributed by atoms with Crippen molar-refractivity contribution in [1.82, 2.24) is 0 Å². The molecule has 0 saturated heterocycles. The lowest BCUT2D eigenvalue weighted by atomic mass is 9.84. The first-order valence-electron chi connectivity index (χ1n) is 18.9. The number of hydrogen-bond donors (Lipinski definition) is 0. The molecule has 0 spiro atoms. The smallest absolute Gasteiger partial charge is 0.0622 e. The Kier molecular flexibility index (Phi) is 4.76. The summed E-state index contributed by atoms with van der Waals surface area (Å²) in [6.07, 6.45) is 0. The Labute approximate surface area is 278 Å². The molecule has 0 radical (unpaired) electrons. The van der Waals surface area contributed by atoms with E-state index in [1.54, 1.807) is 0 Å². The molecule has 0 fully saturated rings. The Balaban J connectivity index is 1.44. The summed E-state index contributed by atoms with van der Waals surface area (Å²) in [5, 5.41) is 5.38. The van der Waals surface area contributed by atoms with Gasteiger partial charge in [-0.05, 0) is 99.7 Å². The van der Waals surface area contributed by atoms with Crippen molar-refractivity contribution in [3.8, 4) is 44.5 Å². The monoisotopic (exact) mass is 589 g/mol. The lowest BCUT2D eigenvalue weighted by molar-refractivity contribution is 1.62. The number of benzene rings is 9. The topological polar surface area (TPSA) is 0 Å². The standard InChI is InChI=1S/C46H30/c1-2-13-34(14-3-1)46-42-19-9-8-18-41(42)45(35-24-22-33(23-25-35)40-20-10-16-32-12-6-7-17-39(32)40)43-28-27-38(30-44(43)46)37-26-21-31-11-4-5-15-36(31)29-37/h1-30H/i8D,9D,18D,19D,27D,28D,30D. The molecular formula is C46H30. The van der Waals surface area contributed by atoms with Crippen molar-refractivity contribution in [2.45, 2.75) is 0 Å². The molecule has 0 heterocycles. The van der Waals surface area contributed by atoms with Gasteiger partial charge in [0.25, 0.3) is 0 Å². The highest BCUT2D eigenvalue weighted by molar-refractivity contribution is 6.22. The molecule has 0 atom stereocenters. The van der Waals surface area contributed by atoms with E-state index in [1.165, 1.54) is 0 Å². The second-order valence-electron chi connectivity index (χ2n) is 11.5. The molecular weight excluding hydrogens is 553 g/mol. The van der Waals surface area contributed by atoms with Crippen LogP contribution in [0.3, 0.4) is 0 Å². The first-order valence-corrected chi connectivity index (χ1v) is 15.4. The van der Waals surface area contributed by atoms with Crippen molar-refractivity contribution in [1.29, 1.82) is 0 Å². The minimum atomic E-state index is -0.383. The average Bonchev–Trinajstić information content (AvgIpc) is 3.20.